The van der Waals surface area contributed by atoms with E-state index in [1.807, 2.05) is 30.3 Å². The Morgan fingerprint density at radius 2 is 1.78 bits per heavy atom. The minimum absolute atomic E-state index is 0.0576. The van der Waals surface area contributed by atoms with Crippen molar-refractivity contribution in [1.82, 2.24) is 0 Å². The van der Waals surface area contributed by atoms with Gasteiger partial charge in [0.15, 0.2) is 0 Å². The molecule has 6 atom stereocenters. The van der Waals surface area contributed by atoms with Crippen molar-refractivity contribution in [2.75, 3.05) is 20.7 Å². The van der Waals surface area contributed by atoms with Crippen LogP contribution in [0.5, 0.6) is 0 Å². The lowest BCUT2D eigenvalue weighted by molar-refractivity contribution is -0.938. The quantitative estimate of drug-likeness (QED) is 0.269. The third-order valence-corrected chi connectivity index (χ3v) is 5.99. The molecule has 3 fully saturated rings. The van der Waals surface area contributed by atoms with E-state index in [-0.39, 0.29) is 18.7 Å². The Balaban J connectivity index is 0.000000481. The molecule has 4 rings (SSSR count). The highest BCUT2D eigenvalue weighted by atomic mass is 16.9. The van der Waals surface area contributed by atoms with Gasteiger partial charge in [-0.3, -0.25) is 4.79 Å². The molecule has 27 heavy (non-hydrogen) atoms. The number of ether oxygens (including phenoxy) is 2. The van der Waals surface area contributed by atoms with Gasteiger partial charge < -0.3 is 34.4 Å². The summed E-state index contributed by atoms with van der Waals surface area (Å²) in [4.78, 5) is 20.8. The van der Waals surface area contributed by atoms with Crippen LogP contribution in [0.1, 0.15) is 24.3 Å². The first kappa shape index (κ1) is 19.5. The Labute approximate surface area is 156 Å². The largest absolute Gasteiger partial charge is 0.461 e. The Kier molecular flexibility index (Phi) is 5.36. The van der Waals surface area contributed by atoms with Crippen molar-refractivity contribution in [2.45, 2.75) is 49.2 Å². The molecule has 3 aliphatic rings. The van der Waals surface area contributed by atoms with Crippen molar-refractivity contribution >= 4 is 5.97 Å². The summed E-state index contributed by atoms with van der Waals surface area (Å²) >= 11 is 0. The summed E-state index contributed by atoms with van der Waals surface area (Å²) in [6, 6.07) is 10.2. The maximum Gasteiger partial charge on any atom is 0.316 e. The van der Waals surface area contributed by atoms with Crippen LogP contribution >= 0.6 is 0 Å². The number of morpholine rings is 1. The number of hydrogen-bond acceptors (Lipinski definition) is 7. The first-order valence-electron chi connectivity index (χ1n) is 8.92. The number of rotatable bonds is 4. The SMILES string of the molecule is C[N+]1(C)[C@@H]2CC(OC(=O)[C@@H](CO)c3ccccc3)C[C@H]1[C@@H]1O[C@H]12.O=[N+]([O-])[O-]. The highest BCUT2D eigenvalue weighted by Crippen LogP contribution is 2.51. The number of likely N-dealkylation sites (N-methyl/N-ethyl adjacent to an activating group) is 1. The summed E-state index contributed by atoms with van der Waals surface area (Å²) in [7, 11) is 4.51. The second-order valence-electron chi connectivity index (χ2n) is 7.73. The van der Waals surface area contributed by atoms with Gasteiger partial charge in [-0.15, -0.1) is 0 Å². The van der Waals surface area contributed by atoms with Crippen LogP contribution in [0.25, 0.3) is 0 Å². The van der Waals surface area contributed by atoms with Gasteiger partial charge in [-0.2, -0.15) is 0 Å². The fourth-order valence-corrected chi connectivity index (χ4v) is 4.55. The first-order chi connectivity index (χ1) is 12.8. The van der Waals surface area contributed by atoms with Crippen molar-refractivity contribution in [1.29, 1.82) is 0 Å². The van der Waals surface area contributed by atoms with E-state index >= 15 is 0 Å². The van der Waals surface area contributed by atoms with Gasteiger partial charge in [-0.1, -0.05) is 30.3 Å². The highest BCUT2D eigenvalue weighted by Gasteiger charge is 2.70. The van der Waals surface area contributed by atoms with E-state index in [9.17, 15) is 9.90 Å². The molecule has 2 bridgehead atoms. The maximum atomic E-state index is 12.5. The molecular formula is C18H24N2O7. The molecule has 0 aliphatic carbocycles. The molecular weight excluding hydrogens is 356 g/mol. The number of epoxide rings is 1. The minimum atomic E-state index is -1.75. The van der Waals surface area contributed by atoms with E-state index in [1.165, 1.54) is 0 Å². The van der Waals surface area contributed by atoms with Crippen molar-refractivity contribution in [2.24, 2.45) is 0 Å². The molecule has 0 spiro atoms. The fraction of sp³-hybridized carbons (Fsp3) is 0.611. The van der Waals surface area contributed by atoms with Gasteiger partial charge in [-0.25, -0.2) is 0 Å². The summed E-state index contributed by atoms with van der Waals surface area (Å²) in [5.74, 6) is -0.908. The van der Waals surface area contributed by atoms with Crippen LogP contribution in [-0.4, -0.2) is 71.7 Å². The molecule has 1 N–H and O–H groups in total. The smallest absolute Gasteiger partial charge is 0.316 e. The van der Waals surface area contributed by atoms with Crippen LogP contribution in [0.15, 0.2) is 30.3 Å². The first-order valence-corrected chi connectivity index (χ1v) is 8.92. The zero-order chi connectivity index (χ0) is 19.8. The number of carbonyl (C=O) groups excluding carboxylic acids is 1. The van der Waals surface area contributed by atoms with E-state index in [4.69, 9.17) is 24.8 Å². The summed E-state index contributed by atoms with van der Waals surface area (Å²) in [6.07, 6.45) is 2.34. The summed E-state index contributed by atoms with van der Waals surface area (Å²) < 4.78 is 12.5. The van der Waals surface area contributed by atoms with Gasteiger partial charge in [0.2, 0.25) is 0 Å². The number of aliphatic hydroxyl groups excluding tert-OH is 1. The van der Waals surface area contributed by atoms with E-state index in [2.05, 4.69) is 14.1 Å². The molecule has 1 aromatic carbocycles. The van der Waals surface area contributed by atoms with Crippen LogP contribution < -0.4 is 0 Å². The van der Waals surface area contributed by atoms with Crippen LogP contribution in [0.2, 0.25) is 0 Å². The standard InChI is InChI=1S/C18H24NO4.NO3/c1-19(2)14-8-12(9-15(19)17-16(14)23-17)22-18(21)13(10-20)11-6-4-3-5-7-11;2-1(3)4/h3-7,12-17,20H,8-10H2,1-2H3;/q+1;-1/t12?,13-,14-,15+,16-,17-;/m0./s1. The van der Waals surface area contributed by atoms with Gasteiger partial charge in [0.25, 0.3) is 0 Å². The predicted molar refractivity (Wildman–Crippen MR) is 94.1 cm³/mol. The van der Waals surface area contributed by atoms with Gasteiger partial charge in [-0.05, 0) is 5.56 Å². The second kappa shape index (κ2) is 7.41. The van der Waals surface area contributed by atoms with Gasteiger partial charge in [0.05, 0.1) is 25.8 Å². The van der Waals surface area contributed by atoms with Crippen LogP contribution in [0.3, 0.4) is 0 Å². The van der Waals surface area contributed by atoms with Crippen molar-refractivity contribution in [3.8, 4) is 0 Å². The number of quaternary nitrogens is 1. The second-order valence-corrected chi connectivity index (χ2v) is 7.73. The molecule has 1 unspecified atom stereocenters. The minimum Gasteiger partial charge on any atom is -0.461 e. The average Bonchev–Trinajstić information content (AvgIpc) is 3.34. The number of esters is 1. The lowest BCUT2D eigenvalue weighted by Gasteiger charge is -2.45. The lowest BCUT2D eigenvalue weighted by Crippen LogP contribution is -2.60. The maximum absolute atomic E-state index is 12.5. The van der Waals surface area contributed by atoms with E-state index in [0.717, 1.165) is 22.9 Å². The normalized spacial score (nSPS) is 33.1. The zero-order valence-corrected chi connectivity index (χ0v) is 15.3. The monoisotopic (exact) mass is 380 g/mol. The van der Waals surface area contributed by atoms with E-state index in [0.29, 0.717) is 24.3 Å². The van der Waals surface area contributed by atoms with Crippen molar-refractivity contribution in [3.63, 3.8) is 0 Å². The molecule has 0 amide bonds. The molecule has 0 radical (unpaired) electrons. The molecule has 148 valence electrons. The Morgan fingerprint density at radius 3 is 2.26 bits per heavy atom. The van der Waals surface area contributed by atoms with E-state index < -0.39 is 11.0 Å². The third kappa shape index (κ3) is 3.90. The number of piperidine rings is 1. The van der Waals surface area contributed by atoms with Crippen molar-refractivity contribution in [3.05, 3.63) is 51.2 Å². The summed E-state index contributed by atoms with van der Waals surface area (Å²) in [5, 5.41) is 24.4. The molecule has 3 saturated heterocycles. The molecule has 3 heterocycles. The average molecular weight is 380 g/mol. The van der Waals surface area contributed by atoms with E-state index in [1.54, 1.807) is 0 Å². The highest BCUT2D eigenvalue weighted by molar-refractivity contribution is 5.78. The number of carbonyl (C=O) groups is 1. The number of aliphatic hydroxyl groups is 1. The molecule has 9 nitrogen and oxygen atoms in total. The molecule has 0 saturated carbocycles. The van der Waals surface area contributed by atoms with Crippen molar-refractivity contribution < 1.29 is 28.9 Å². The Bertz CT molecular complexity index is 672. The lowest BCUT2D eigenvalue weighted by atomic mass is 9.95. The topological polar surface area (TPSA) is 125 Å². The Hall–Kier alpha value is -2.23. The number of nitrogens with zero attached hydrogens (tertiary/aromatic N) is 2. The summed E-state index contributed by atoms with van der Waals surface area (Å²) in [6.45, 7) is -0.224. The molecule has 1 aromatic rings. The molecule has 0 aromatic heterocycles. The van der Waals surface area contributed by atoms with Gasteiger partial charge in [0, 0.05) is 12.8 Å². The molecule has 3 aliphatic heterocycles. The zero-order valence-electron chi connectivity index (χ0n) is 15.3. The number of fused-ring (bicyclic) bond motifs is 5. The Morgan fingerprint density at radius 1 is 1.26 bits per heavy atom. The molecule has 9 heteroatoms. The van der Waals surface area contributed by atoms with Gasteiger partial charge in [0.1, 0.15) is 36.3 Å². The fourth-order valence-electron chi connectivity index (χ4n) is 4.55. The third-order valence-electron chi connectivity index (χ3n) is 5.99. The van der Waals surface area contributed by atoms with Crippen LogP contribution in [0, 0.1) is 15.3 Å². The number of benzene rings is 1. The van der Waals surface area contributed by atoms with Crippen LogP contribution in [0.4, 0.5) is 0 Å². The predicted octanol–water partition coefficient (Wildman–Crippen LogP) is 0.824. The summed E-state index contributed by atoms with van der Waals surface area (Å²) in [5.41, 5.74) is 0.807. The van der Waals surface area contributed by atoms with Gasteiger partial charge >= 0.3 is 5.97 Å². The number of hydrogen-bond donors (Lipinski definition) is 1. The van der Waals surface area contributed by atoms with Crippen LogP contribution in [-0.2, 0) is 14.3 Å².